The van der Waals surface area contributed by atoms with Gasteiger partial charge in [-0.15, -0.1) is 24.0 Å². The number of carbonyl (C=O) groups excluding carboxylic acids is 1. The summed E-state index contributed by atoms with van der Waals surface area (Å²) in [6, 6.07) is 0.336. The smallest absolute Gasteiger partial charge is 0.241 e. The molecule has 0 aromatic carbocycles. The molecule has 1 amide bonds. The molecular formula is C16H36IN5O. The van der Waals surface area contributed by atoms with Gasteiger partial charge in [-0.1, -0.05) is 13.8 Å². The molecule has 0 heterocycles. The number of nitrogens with zero attached hydrogens (tertiary/aromatic N) is 2. The van der Waals surface area contributed by atoms with Crippen LogP contribution in [0.4, 0.5) is 0 Å². The number of likely N-dealkylation sites (N-methyl/N-ethyl adjacent to an activating group) is 1. The SMILES string of the molecule is CCNC(=O)CN=C(NCC)NC(C)CCCN(CC)CC.I. The Labute approximate surface area is 159 Å². The molecule has 7 heteroatoms. The molecule has 0 aliphatic carbocycles. The van der Waals surface area contributed by atoms with Crippen LogP contribution >= 0.6 is 24.0 Å². The molecule has 0 bridgehead atoms. The largest absolute Gasteiger partial charge is 0.357 e. The maximum Gasteiger partial charge on any atom is 0.241 e. The number of carbonyl (C=O) groups is 1. The Bertz CT molecular complexity index is 322. The highest BCUT2D eigenvalue weighted by molar-refractivity contribution is 14.0. The van der Waals surface area contributed by atoms with Gasteiger partial charge in [-0.3, -0.25) is 4.79 Å². The molecule has 23 heavy (non-hydrogen) atoms. The summed E-state index contributed by atoms with van der Waals surface area (Å²) < 4.78 is 0. The van der Waals surface area contributed by atoms with Gasteiger partial charge in [-0.25, -0.2) is 4.99 Å². The lowest BCUT2D eigenvalue weighted by Crippen LogP contribution is -2.43. The molecule has 1 atom stereocenters. The first kappa shape index (κ1) is 24.7. The molecule has 0 rings (SSSR count). The number of hydrogen-bond donors (Lipinski definition) is 3. The average Bonchev–Trinajstić information content (AvgIpc) is 2.50. The van der Waals surface area contributed by atoms with Crippen LogP contribution in [0.15, 0.2) is 4.99 Å². The first-order valence-corrected chi connectivity index (χ1v) is 8.61. The van der Waals surface area contributed by atoms with Gasteiger partial charge >= 0.3 is 0 Å². The second-order valence-corrected chi connectivity index (χ2v) is 5.36. The van der Waals surface area contributed by atoms with Crippen LogP contribution in [0.1, 0.15) is 47.5 Å². The molecule has 0 saturated carbocycles. The van der Waals surface area contributed by atoms with Crippen molar-refractivity contribution in [2.75, 3.05) is 39.3 Å². The lowest BCUT2D eigenvalue weighted by Gasteiger charge is -2.21. The van der Waals surface area contributed by atoms with Gasteiger partial charge in [0.1, 0.15) is 6.54 Å². The predicted octanol–water partition coefficient (Wildman–Crippen LogP) is 1.81. The maximum atomic E-state index is 11.5. The van der Waals surface area contributed by atoms with E-state index in [1.807, 2.05) is 13.8 Å². The molecule has 0 aromatic rings. The van der Waals surface area contributed by atoms with Gasteiger partial charge in [0, 0.05) is 19.1 Å². The minimum absolute atomic E-state index is 0. The summed E-state index contributed by atoms with van der Waals surface area (Å²) in [5, 5.41) is 9.30. The molecule has 3 N–H and O–H groups in total. The van der Waals surface area contributed by atoms with Gasteiger partial charge in [0.2, 0.25) is 5.91 Å². The van der Waals surface area contributed by atoms with E-state index in [1.165, 1.54) is 0 Å². The number of guanidine groups is 1. The van der Waals surface area contributed by atoms with Gasteiger partial charge in [-0.2, -0.15) is 0 Å². The lowest BCUT2D eigenvalue weighted by molar-refractivity contribution is -0.119. The van der Waals surface area contributed by atoms with Crippen LogP contribution in [-0.2, 0) is 4.79 Å². The minimum atomic E-state index is -0.0473. The first-order valence-electron chi connectivity index (χ1n) is 8.61. The van der Waals surface area contributed by atoms with Crippen molar-refractivity contribution < 1.29 is 4.79 Å². The van der Waals surface area contributed by atoms with Crippen LogP contribution in [0.2, 0.25) is 0 Å². The minimum Gasteiger partial charge on any atom is -0.357 e. The van der Waals surface area contributed by atoms with Gasteiger partial charge in [0.25, 0.3) is 0 Å². The fourth-order valence-corrected chi connectivity index (χ4v) is 2.19. The van der Waals surface area contributed by atoms with Crippen LogP contribution in [0.3, 0.4) is 0 Å². The van der Waals surface area contributed by atoms with E-state index in [0.717, 1.165) is 39.0 Å². The Kier molecular flexibility index (Phi) is 17.5. The van der Waals surface area contributed by atoms with E-state index < -0.39 is 0 Å². The third-order valence-corrected chi connectivity index (χ3v) is 3.49. The Morgan fingerprint density at radius 1 is 1.09 bits per heavy atom. The van der Waals surface area contributed by atoms with E-state index >= 15 is 0 Å². The van der Waals surface area contributed by atoms with Crippen LogP contribution in [-0.4, -0.2) is 62.1 Å². The first-order chi connectivity index (χ1) is 10.6. The van der Waals surface area contributed by atoms with Crippen molar-refractivity contribution in [3.8, 4) is 0 Å². The van der Waals surface area contributed by atoms with Gasteiger partial charge in [0.05, 0.1) is 0 Å². The van der Waals surface area contributed by atoms with E-state index in [-0.39, 0.29) is 36.4 Å². The summed E-state index contributed by atoms with van der Waals surface area (Å²) in [7, 11) is 0. The highest BCUT2D eigenvalue weighted by atomic mass is 127. The third-order valence-electron chi connectivity index (χ3n) is 3.49. The van der Waals surface area contributed by atoms with Crippen molar-refractivity contribution in [2.45, 2.75) is 53.5 Å². The summed E-state index contributed by atoms with van der Waals surface area (Å²) in [6.07, 6.45) is 2.24. The topological polar surface area (TPSA) is 68.8 Å². The van der Waals surface area contributed by atoms with Crippen LogP contribution in [0.25, 0.3) is 0 Å². The zero-order chi connectivity index (χ0) is 16.8. The number of aliphatic imine (C=N–C) groups is 1. The highest BCUT2D eigenvalue weighted by Crippen LogP contribution is 1.99. The van der Waals surface area contributed by atoms with Crippen LogP contribution in [0, 0.1) is 0 Å². The fraction of sp³-hybridized carbons (Fsp3) is 0.875. The van der Waals surface area contributed by atoms with Crippen molar-refractivity contribution in [1.29, 1.82) is 0 Å². The number of amides is 1. The highest BCUT2D eigenvalue weighted by Gasteiger charge is 2.07. The quantitative estimate of drug-likeness (QED) is 0.260. The van der Waals surface area contributed by atoms with E-state index in [0.29, 0.717) is 18.5 Å². The molecular weight excluding hydrogens is 405 g/mol. The Morgan fingerprint density at radius 2 is 1.70 bits per heavy atom. The Balaban J connectivity index is 0. The summed E-state index contributed by atoms with van der Waals surface area (Å²) in [4.78, 5) is 18.2. The van der Waals surface area contributed by atoms with Crippen LogP contribution in [0.5, 0.6) is 0 Å². The van der Waals surface area contributed by atoms with Crippen molar-refractivity contribution in [1.82, 2.24) is 20.9 Å². The Morgan fingerprint density at radius 3 is 2.22 bits per heavy atom. The number of hydrogen-bond acceptors (Lipinski definition) is 3. The molecule has 6 nitrogen and oxygen atoms in total. The molecule has 1 unspecified atom stereocenters. The molecule has 138 valence electrons. The maximum absolute atomic E-state index is 11.5. The second kappa shape index (κ2) is 16.3. The molecule has 0 aliphatic rings. The summed E-state index contributed by atoms with van der Waals surface area (Å²) in [5.41, 5.74) is 0. The molecule has 0 aromatic heterocycles. The van der Waals surface area contributed by atoms with E-state index in [4.69, 9.17) is 0 Å². The molecule has 0 radical (unpaired) electrons. The molecule has 0 fully saturated rings. The van der Waals surface area contributed by atoms with Gasteiger partial charge < -0.3 is 20.9 Å². The zero-order valence-electron chi connectivity index (χ0n) is 15.4. The summed E-state index contributed by atoms with van der Waals surface area (Å²) in [6.45, 7) is 15.4. The monoisotopic (exact) mass is 441 g/mol. The van der Waals surface area contributed by atoms with E-state index in [2.05, 4.69) is 46.6 Å². The number of nitrogens with one attached hydrogen (secondary N) is 3. The van der Waals surface area contributed by atoms with Gasteiger partial charge in [0.15, 0.2) is 5.96 Å². The zero-order valence-corrected chi connectivity index (χ0v) is 17.8. The Hall–Kier alpha value is -0.570. The average molecular weight is 441 g/mol. The third kappa shape index (κ3) is 13.6. The number of rotatable bonds is 11. The summed E-state index contributed by atoms with van der Waals surface area (Å²) in [5.74, 6) is 0.665. The van der Waals surface area contributed by atoms with Crippen LogP contribution < -0.4 is 16.0 Å². The standard InChI is InChI=1S/C16H35N5O.HI/c1-6-17-15(22)13-19-16(18-7-2)20-14(5)11-10-12-21(8-3)9-4;/h14H,6-13H2,1-5H3,(H,17,22)(H2,18,19,20);1H. The number of halogens is 1. The lowest BCUT2D eigenvalue weighted by atomic mass is 10.2. The summed E-state index contributed by atoms with van der Waals surface area (Å²) >= 11 is 0. The molecule has 0 spiro atoms. The van der Waals surface area contributed by atoms with E-state index in [1.54, 1.807) is 0 Å². The van der Waals surface area contributed by atoms with Crippen molar-refractivity contribution in [3.63, 3.8) is 0 Å². The van der Waals surface area contributed by atoms with E-state index in [9.17, 15) is 4.79 Å². The molecule has 0 aliphatic heterocycles. The fourth-order valence-electron chi connectivity index (χ4n) is 2.19. The molecule has 0 saturated heterocycles. The van der Waals surface area contributed by atoms with Crippen molar-refractivity contribution in [2.24, 2.45) is 4.99 Å². The predicted molar refractivity (Wildman–Crippen MR) is 110 cm³/mol. The van der Waals surface area contributed by atoms with Crippen molar-refractivity contribution in [3.05, 3.63) is 0 Å². The second-order valence-electron chi connectivity index (χ2n) is 5.36. The normalized spacial score (nSPS) is 12.5. The van der Waals surface area contributed by atoms with Gasteiger partial charge in [-0.05, 0) is 53.2 Å². The van der Waals surface area contributed by atoms with Crippen molar-refractivity contribution >= 4 is 35.8 Å².